The van der Waals surface area contributed by atoms with Crippen LogP contribution in [0.3, 0.4) is 0 Å². The first-order valence-corrected chi connectivity index (χ1v) is 7.11. The monoisotopic (exact) mass is 293 g/mol. The summed E-state index contributed by atoms with van der Waals surface area (Å²) in [5, 5.41) is 0. The molecule has 0 spiro atoms. The van der Waals surface area contributed by atoms with Crippen LogP contribution in [-0.2, 0) is 14.3 Å². The molecule has 0 aliphatic carbocycles. The number of esters is 1. The van der Waals surface area contributed by atoms with Gasteiger partial charge in [-0.1, -0.05) is 18.7 Å². The van der Waals surface area contributed by atoms with Crippen molar-refractivity contribution in [2.45, 2.75) is 38.6 Å². The normalized spacial score (nSPS) is 18.2. The Morgan fingerprint density at radius 2 is 2.10 bits per heavy atom. The summed E-state index contributed by atoms with van der Waals surface area (Å²) in [5.74, 6) is 0.222. The minimum absolute atomic E-state index is 0.00210. The Hall–Kier alpha value is -2.04. The van der Waals surface area contributed by atoms with Gasteiger partial charge in [0.25, 0.3) is 0 Å². The summed E-state index contributed by atoms with van der Waals surface area (Å²) >= 11 is 0. The Balaban J connectivity index is 2.67. The van der Waals surface area contributed by atoms with Crippen molar-refractivity contribution in [3.05, 3.63) is 37.1 Å². The second-order valence-corrected chi connectivity index (χ2v) is 4.85. The average molecular weight is 293 g/mol. The zero-order valence-corrected chi connectivity index (χ0v) is 12.5. The van der Waals surface area contributed by atoms with E-state index in [4.69, 9.17) is 9.47 Å². The van der Waals surface area contributed by atoms with Crippen LogP contribution in [0.2, 0.25) is 0 Å². The summed E-state index contributed by atoms with van der Waals surface area (Å²) in [7, 11) is 0. The highest BCUT2D eigenvalue weighted by atomic mass is 16.6. The zero-order valence-electron chi connectivity index (χ0n) is 12.5. The van der Waals surface area contributed by atoms with Gasteiger partial charge in [0.15, 0.2) is 0 Å². The summed E-state index contributed by atoms with van der Waals surface area (Å²) in [6, 6.07) is -0.00210. The summed E-state index contributed by atoms with van der Waals surface area (Å²) in [5.41, 5.74) is 0. The van der Waals surface area contributed by atoms with Crippen molar-refractivity contribution in [2.75, 3.05) is 13.2 Å². The molecule has 1 rings (SSSR count). The van der Waals surface area contributed by atoms with Crippen LogP contribution in [0.5, 0.6) is 0 Å². The summed E-state index contributed by atoms with van der Waals surface area (Å²) in [6.45, 7) is 9.39. The summed E-state index contributed by atoms with van der Waals surface area (Å²) in [4.78, 5) is 24.8. The molecule has 0 aromatic rings. The minimum atomic E-state index is -0.357. The largest absolute Gasteiger partial charge is 0.445 e. The van der Waals surface area contributed by atoms with Gasteiger partial charge < -0.3 is 14.4 Å². The van der Waals surface area contributed by atoms with E-state index in [0.29, 0.717) is 25.1 Å². The van der Waals surface area contributed by atoms with E-state index in [1.807, 2.05) is 6.08 Å². The Morgan fingerprint density at radius 1 is 1.33 bits per heavy atom. The number of hydrogen-bond donors (Lipinski definition) is 0. The van der Waals surface area contributed by atoms with Gasteiger partial charge >= 0.3 is 12.1 Å². The molecular formula is C16H23NO4. The lowest BCUT2D eigenvalue weighted by Crippen LogP contribution is -2.36. The predicted molar refractivity (Wildman–Crippen MR) is 80.6 cm³/mol. The van der Waals surface area contributed by atoms with Crippen molar-refractivity contribution >= 4 is 12.1 Å². The highest BCUT2D eigenvalue weighted by molar-refractivity contribution is 5.69. The van der Waals surface area contributed by atoms with E-state index in [-0.39, 0.29) is 24.7 Å². The van der Waals surface area contributed by atoms with Crippen molar-refractivity contribution in [1.82, 2.24) is 4.90 Å². The maximum absolute atomic E-state index is 11.9. The first kappa shape index (κ1) is 17.0. The molecule has 0 aromatic heterocycles. The van der Waals surface area contributed by atoms with E-state index >= 15 is 0 Å². The average Bonchev–Trinajstić information content (AvgIpc) is 2.89. The molecule has 0 saturated carbocycles. The van der Waals surface area contributed by atoms with Crippen LogP contribution in [-0.4, -0.2) is 36.2 Å². The number of carbonyl (C=O) groups excluding carboxylic acids is 2. The summed E-state index contributed by atoms with van der Waals surface area (Å²) < 4.78 is 10.3. The second kappa shape index (κ2) is 9.00. The third-order valence-electron chi connectivity index (χ3n) is 3.16. The number of allylic oxidation sites excluding steroid dienone is 2. The fraction of sp³-hybridized carbons (Fsp3) is 0.500. The number of carbonyl (C=O) groups is 2. The van der Waals surface area contributed by atoms with Crippen molar-refractivity contribution in [3.63, 3.8) is 0 Å². The van der Waals surface area contributed by atoms with Gasteiger partial charge in [0, 0.05) is 25.9 Å². The Labute approximate surface area is 125 Å². The van der Waals surface area contributed by atoms with Gasteiger partial charge in [0.1, 0.15) is 12.4 Å². The van der Waals surface area contributed by atoms with E-state index in [0.717, 1.165) is 12.8 Å². The van der Waals surface area contributed by atoms with Crippen LogP contribution in [0.4, 0.5) is 4.79 Å². The molecule has 0 bridgehead atoms. The molecule has 21 heavy (non-hydrogen) atoms. The van der Waals surface area contributed by atoms with Crippen molar-refractivity contribution in [2.24, 2.45) is 0 Å². The van der Waals surface area contributed by atoms with Gasteiger partial charge in [-0.2, -0.15) is 0 Å². The molecule has 0 unspecified atom stereocenters. The standard InChI is InChI=1S/C16H23NO4/c1-4-6-9-15(21-13(3)18)12-14-8-7-10-17(14)16(19)20-11-5-2/h4-5,9,14H,1-2,6-8,10-12H2,3H3/b15-9-/t14-/m0/s1. The van der Waals surface area contributed by atoms with E-state index < -0.39 is 0 Å². The number of likely N-dealkylation sites (tertiary alicyclic amines) is 1. The van der Waals surface area contributed by atoms with Crippen LogP contribution in [0.25, 0.3) is 0 Å². The maximum atomic E-state index is 11.9. The topological polar surface area (TPSA) is 55.8 Å². The van der Waals surface area contributed by atoms with Crippen molar-refractivity contribution in [3.8, 4) is 0 Å². The number of hydrogen-bond acceptors (Lipinski definition) is 4. The highest BCUT2D eigenvalue weighted by Gasteiger charge is 2.30. The number of nitrogens with zero attached hydrogens (tertiary/aromatic N) is 1. The van der Waals surface area contributed by atoms with Gasteiger partial charge in [0.2, 0.25) is 0 Å². The molecule has 1 saturated heterocycles. The molecule has 1 fully saturated rings. The minimum Gasteiger partial charge on any atom is -0.445 e. The molecule has 1 aliphatic heterocycles. The van der Waals surface area contributed by atoms with Crippen molar-refractivity contribution < 1.29 is 19.1 Å². The molecule has 5 heteroatoms. The van der Waals surface area contributed by atoms with E-state index in [9.17, 15) is 9.59 Å². The van der Waals surface area contributed by atoms with Gasteiger partial charge in [-0.15, -0.1) is 6.58 Å². The van der Waals surface area contributed by atoms with Gasteiger partial charge in [-0.3, -0.25) is 4.79 Å². The first-order chi connectivity index (χ1) is 10.1. The number of ether oxygens (including phenoxy) is 2. The Bertz CT molecular complexity index is 428. The zero-order chi connectivity index (χ0) is 15.7. The fourth-order valence-corrected chi connectivity index (χ4v) is 2.30. The van der Waals surface area contributed by atoms with Gasteiger partial charge in [-0.25, -0.2) is 4.79 Å². The quantitative estimate of drug-likeness (QED) is 0.411. The van der Waals surface area contributed by atoms with Crippen LogP contribution >= 0.6 is 0 Å². The van der Waals surface area contributed by atoms with Crippen LogP contribution in [0.1, 0.15) is 32.6 Å². The second-order valence-electron chi connectivity index (χ2n) is 4.85. The molecule has 1 aliphatic rings. The molecule has 0 N–H and O–H groups in total. The number of rotatable bonds is 7. The maximum Gasteiger partial charge on any atom is 0.410 e. The summed E-state index contributed by atoms with van der Waals surface area (Å²) in [6.07, 6.45) is 7.67. The Kier molecular flexibility index (Phi) is 7.29. The molecule has 0 aromatic carbocycles. The fourth-order valence-electron chi connectivity index (χ4n) is 2.30. The highest BCUT2D eigenvalue weighted by Crippen LogP contribution is 2.25. The van der Waals surface area contributed by atoms with Crippen molar-refractivity contribution in [1.29, 1.82) is 0 Å². The molecular weight excluding hydrogens is 270 g/mol. The number of amides is 1. The van der Waals surface area contributed by atoms with E-state index in [1.165, 1.54) is 13.0 Å². The third-order valence-corrected chi connectivity index (χ3v) is 3.16. The third kappa shape index (κ3) is 5.85. The molecule has 0 radical (unpaired) electrons. The van der Waals surface area contributed by atoms with Crippen LogP contribution in [0.15, 0.2) is 37.1 Å². The van der Waals surface area contributed by atoms with E-state index in [1.54, 1.807) is 11.0 Å². The van der Waals surface area contributed by atoms with Gasteiger partial charge in [-0.05, 0) is 25.3 Å². The molecule has 1 amide bonds. The molecule has 1 atom stereocenters. The lowest BCUT2D eigenvalue weighted by molar-refractivity contribution is -0.137. The SMILES string of the molecule is C=CC/C=C(/C[C@@H]1CCCN1C(=O)OCC=C)OC(C)=O. The van der Waals surface area contributed by atoms with Crippen LogP contribution < -0.4 is 0 Å². The molecule has 1 heterocycles. The smallest absolute Gasteiger partial charge is 0.410 e. The Morgan fingerprint density at radius 3 is 2.71 bits per heavy atom. The molecule has 116 valence electrons. The molecule has 5 nitrogen and oxygen atoms in total. The van der Waals surface area contributed by atoms with Crippen LogP contribution in [0, 0.1) is 0 Å². The van der Waals surface area contributed by atoms with Gasteiger partial charge in [0.05, 0.1) is 0 Å². The predicted octanol–water partition coefficient (Wildman–Crippen LogP) is 3.19. The first-order valence-electron chi connectivity index (χ1n) is 7.11. The lowest BCUT2D eigenvalue weighted by atomic mass is 10.1. The lowest BCUT2D eigenvalue weighted by Gasteiger charge is -2.24. The van der Waals surface area contributed by atoms with E-state index in [2.05, 4.69) is 13.2 Å².